The average Bonchev–Trinajstić information content (AvgIpc) is 2.37. The van der Waals surface area contributed by atoms with E-state index in [9.17, 15) is 4.79 Å². The van der Waals surface area contributed by atoms with E-state index in [1.807, 2.05) is 0 Å². The van der Waals surface area contributed by atoms with E-state index in [-0.39, 0.29) is 0 Å². The first-order valence-electron chi connectivity index (χ1n) is 8.68. The lowest BCUT2D eigenvalue weighted by molar-refractivity contribution is -0.131. The number of hydrogen-bond acceptors (Lipinski definition) is 1. The van der Waals surface area contributed by atoms with Gasteiger partial charge in [-0.25, -0.2) is 0 Å². The Morgan fingerprint density at radius 3 is 1.85 bits per heavy atom. The molecule has 0 aromatic carbocycles. The highest BCUT2D eigenvalue weighted by Crippen LogP contribution is 2.22. The third-order valence-electron chi connectivity index (χ3n) is 3.73. The summed E-state index contributed by atoms with van der Waals surface area (Å²) in [5.41, 5.74) is 0.429. The molecule has 2 heteroatoms. The molecule has 120 valence electrons. The summed E-state index contributed by atoms with van der Waals surface area (Å²) in [7, 11) is 0. The van der Waals surface area contributed by atoms with Crippen LogP contribution in [0.1, 0.15) is 92.4 Å². The molecule has 0 rings (SSSR count). The second-order valence-corrected chi connectivity index (χ2v) is 7.21. The van der Waals surface area contributed by atoms with Crippen LogP contribution >= 0.6 is 0 Å². The molecule has 0 fully saturated rings. The predicted molar refractivity (Wildman–Crippen MR) is 88.9 cm³/mol. The van der Waals surface area contributed by atoms with Crippen LogP contribution in [-0.2, 0) is 4.79 Å². The first-order chi connectivity index (χ1) is 9.40. The molecule has 0 aromatic rings. The molecule has 1 amide bonds. The topological polar surface area (TPSA) is 20.3 Å². The van der Waals surface area contributed by atoms with Crippen molar-refractivity contribution in [3.63, 3.8) is 0 Å². The SMILES string of the molecule is CCCCN(CCCC)C(=O)CCCCCC(C)(C)C. The number of nitrogens with zero attached hydrogens (tertiary/aromatic N) is 1. The van der Waals surface area contributed by atoms with Gasteiger partial charge in [-0.15, -0.1) is 0 Å². The molecule has 2 nitrogen and oxygen atoms in total. The zero-order valence-electron chi connectivity index (χ0n) is 14.6. The van der Waals surface area contributed by atoms with Crippen LogP contribution in [0.3, 0.4) is 0 Å². The van der Waals surface area contributed by atoms with Crippen molar-refractivity contribution >= 4 is 5.91 Å². The highest BCUT2D eigenvalue weighted by Gasteiger charge is 2.13. The fourth-order valence-corrected chi connectivity index (χ4v) is 2.33. The van der Waals surface area contributed by atoms with Gasteiger partial charge < -0.3 is 4.90 Å². The number of unbranched alkanes of at least 4 members (excludes halogenated alkanes) is 4. The highest BCUT2D eigenvalue weighted by molar-refractivity contribution is 5.76. The fraction of sp³-hybridized carbons (Fsp3) is 0.944. The van der Waals surface area contributed by atoms with Crippen LogP contribution in [-0.4, -0.2) is 23.9 Å². The quantitative estimate of drug-likeness (QED) is 0.464. The molecule has 0 spiro atoms. The zero-order valence-corrected chi connectivity index (χ0v) is 14.6. The molecular weight excluding hydrogens is 246 g/mol. The Balaban J connectivity index is 3.87. The Hall–Kier alpha value is -0.530. The van der Waals surface area contributed by atoms with E-state index in [1.54, 1.807) is 0 Å². The normalized spacial score (nSPS) is 11.7. The van der Waals surface area contributed by atoms with Gasteiger partial charge >= 0.3 is 0 Å². The van der Waals surface area contributed by atoms with Crippen LogP contribution in [0.2, 0.25) is 0 Å². The van der Waals surface area contributed by atoms with Gasteiger partial charge in [0.15, 0.2) is 0 Å². The summed E-state index contributed by atoms with van der Waals surface area (Å²) in [4.78, 5) is 14.3. The maximum atomic E-state index is 12.2. The standard InChI is InChI=1S/C18H37NO/c1-6-8-15-19(16-9-7-2)17(20)13-11-10-12-14-18(3,4)5/h6-16H2,1-5H3. The fourth-order valence-electron chi connectivity index (χ4n) is 2.33. The number of carbonyl (C=O) groups is 1. The molecule has 0 aromatic heterocycles. The Morgan fingerprint density at radius 2 is 1.40 bits per heavy atom. The molecule has 0 saturated carbocycles. The molecular formula is C18H37NO. The van der Waals surface area contributed by atoms with Gasteiger partial charge in [0.1, 0.15) is 0 Å². The number of rotatable bonds is 11. The third kappa shape index (κ3) is 11.3. The second-order valence-electron chi connectivity index (χ2n) is 7.21. The smallest absolute Gasteiger partial charge is 0.222 e. The number of amides is 1. The third-order valence-corrected chi connectivity index (χ3v) is 3.73. The van der Waals surface area contributed by atoms with Gasteiger partial charge in [0, 0.05) is 19.5 Å². The van der Waals surface area contributed by atoms with Gasteiger partial charge in [0.2, 0.25) is 5.91 Å². The van der Waals surface area contributed by atoms with Gasteiger partial charge in [-0.2, -0.15) is 0 Å². The molecule has 20 heavy (non-hydrogen) atoms. The van der Waals surface area contributed by atoms with Crippen LogP contribution in [0.5, 0.6) is 0 Å². The van der Waals surface area contributed by atoms with Gasteiger partial charge in [0.25, 0.3) is 0 Å². The van der Waals surface area contributed by atoms with Crippen molar-refractivity contribution < 1.29 is 4.79 Å². The molecule has 0 unspecified atom stereocenters. The molecule has 0 bridgehead atoms. The van der Waals surface area contributed by atoms with Crippen LogP contribution in [0, 0.1) is 5.41 Å². The summed E-state index contributed by atoms with van der Waals surface area (Å²) in [6, 6.07) is 0. The lowest BCUT2D eigenvalue weighted by atomic mass is 9.89. The molecule has 0 aliphatic heterocycles. The largest absolute Gasteiger partial charge is 0.343 e. The minimum Gasteiger partial charge on any atom is -0.343 e. The highest BCUT2D eigenvalue weighted by atomic mass is 16.2. The monoisotopic (exact) mass is 283 g/mol. The van der Waals surface area contributed by atoms with E-state index >= 15 is 0 Å². The van der Waals surface area contributed by atoms with E-state index < -0.39 is 0 Å². The molecule has 0 N–H and O–H groups in total. The zero-order chi connectivity index (χ0) is 15.4. The summed E-state index contributed by atoms with van der Waals surface area (Å²) in [5.74, 6) is 0.377. The Labute approximate surface area is 127 Å². The summed E-state index contributed by atoms with van der Waals surface area (Å²) < 4.78 is 0. The Bertz CT molecular complexity index is 234. The van der Waals surface area contributed by atoms with Crippen molar-refractivity contribution in [3.05, 3.63) is 0 Å². The maximum absolute atomic E-state index is 12.2. The lowest BCUT2D eigenvalue weighted by Gasteiger charge is -2.22. The van der Waals surface area contributed by atoms with Crippen molar-refractivity contribution in [1.29, 1.82) is 0 Å². The van der Waals surface area contributed by atoms with Crippen LogP contribution in [0.15, 0.2) is 0 Å². The van der Waals surface area contributed by atoms with E-state index in [4.69, 9.17) is 0 Å². The molecule has 0 heterocycles. The Kier molecular flexibility index (Phi) is 10.9. The molecule has 0 aliphatic carbocycles. The maximum Gasteiger partial charge on any atom is 0.222 e. The summed E-state index contributed by atoms with van der Waals surface area (Å²) in [6.45, 7) is 13.2. The molecule has 0 radical (unpaired) electrons. The molecule has 0 saturated heterocycles. The predicted octanol–water partition coefficient (Wildman–Crippen LogP) is 5.41. The summed E-state index contributed by atoms with van der Waals surface area (Å²) >= 11 is 0. The van der Waals surface area contributed by atoms with Crippen LogP contribution in [0.25, 0.3) is 0 Å². The first-order valence-corrected chi connectivity index (χ1v) is 8.68. The Morgan fingerprint density at radius 1 is 0.850 bits per heavy atom. The van der Waals surface area contributed by atoms with Crippen molar-refractivity contribution in [1.82, 2.24) is 4.90 Å². The van der Waals surface area contributed by atoms with Crippen LogP contribution in [0.4, 0.5) is 0 Å². The molecule has 0 atom stereocenters. The van der Waals surface area contributed by atoms with Crippen molar-refractivity contribution in [3.8, 4) is 0 Å². The minimum atomic E-state index is 0.377. The van der Waals surface area contributed by atoms with E-state index in [2.05, 4.69) is 39.5 Å². The minimum absolute atomic E-state index is 0.377. The van der Waals surface area contributed by atoms with Gasteiger partial charge in [-0.05, 0) is 31.1 Å². The van der Waals surface area contributed by atoms with Crippen molar-refractivity contribution in [2.45, 2.75) is 92.4 Å². The van der Waals surface area contributed by atoms with Gasteiger partial charge in [0.05, 0.1) is 0 Å². The second kappa shape index (κ2) is 11.2. The van der Waals surface area contributed by atoms with Gasteiger partial charge in [-0.3, -0.25) is 4.79 Å². The van der Waals surface area contributed by atoms with E-state index in [0.717, 1.165) is 38.8 Å². The number of carbonyl (C=O) groups excluding carboxylic acids is 1. The molecule has 0 aliphatic rings. The van der Waals surface area contributed by atoms with Gasteiger partial charge in [-0.1, -0.05) is 60.3 Å². The van der Waals surface area contributed by atoms with E-state index in [0.29, 0.717) is 11.3 Å². The lowest BCUT2D eigenvalue weighted by Crippen LogP contribution is -2.32. The number of hydrogen-bond donors (Lipinski definition) is 0. The summed E-state index contributed by atoms with van der Waals surface area (Å²) in [6.07, 6.45) is 10.1. The summed E-state index contributed by atoms with van der Waals surface area (Å²) in [5, 5.41) is 0. The first kappa shape index (κ1) is 19.5. The van der Waals surface area contributed by atoms with Crippen LogP contribution < -0.4 is 0 Å². The van der Waals surface area contributed by atoms with E-state index in [1.165, 1.54) is 32.1 Å². The van der Waals surface area contributed by atoms with Crippen molar-refractivity contribution in [2.75, 3.05) is 13.1 Å². The van der Waals surface area contributed by atoms with Crippen molar-refractivity contribution in [2.24, 2.45) is 5.41 Å². The average molecular weight is 283 g/mol.